The lowest BCUT2D eigenvalue weighted by molar-refractivity contribution is 0.131. The molecule has 2 fully saturated rings. The lowest BCUT2D eigenvalue weighted by atomic mass is 9.84. The molecule has 2 aliphatic rings. The Bertz CT molecular complexity index is 457. The third-order valence-corrected chi connectivity index (χ3v) is 5.01. The van der Waals surface area contributed by atoms with Crippen LogP contribution in [0.25, 0.3) is 0 Å². The molecule has 3 atom stereocenters. The summed E-state index contributed by atoms with van der Waals surface area (Å²) in [4.78, 5) is 2.26. The predicted octanol–water partition coefficient (Wildman–Crippen LogP) is 3.23. The molecule has 0 radical (unpaired) electrons. The average Bonchev–Trinajstić information content (AvgIpc) is 2.87. The van der Waals surface area contributed by atoms with Gasteiger partial charge in [0, 0.05) is 18.2 Å². The van der Waals surface area contributed by atoms with Crippen molar-refractivity contribution in [3.8, 4) is 0 Å². The molecule has 1 heterocycles. The van der Waals surface area contributed by atoms with Gasteiger partial charge in [0.05, 0.1) is 6.04 Å². The van der Waals surface area contributed by atoms with E-state index in [1.165, 1.54) is 37.5 Å². The number of hydrogen-bond acceptors (Lipinski definition) is 2. The maximum atomic E-state index is 14.0. The normalized spacial score (nSPS) is 28.4. The van der Waals surface area contributed by atoms with Crippen molar-refractivity contribution >= 4 is 0 Å². The summed E-state index contributed by atoms with van der Waals surface area (Å²) in [7, 11) is 0. The number of hydrogen-bond donors (Lipinski definition) is 1. The number of nitrogens with two attached hydrogens (primary N) is 1. The fraction of sp³-hybridized carbons (Fsp3) is 0.625. The maximum absolute atomic E-state index is 14.0. The van der Waals surface area contributed by atoms with Gasteiger partial charge in [-0.1, -0.05) is 18.9 Å². The van der Waals surface area contributed by atoms with Crippen LogP contribution in [-0.2, 0) is 0 Å². The van der Waals surface area contributed by atoms with E-state index in [0.717, 1.165) is 19.4 Å². The van der Waals surface area contributed by atoms with E-state index in [1.807, 2.05) is 0 Å². The minimum absolute atomic E-state index is 0.154. The van der Waals surface area contributed by atoms with Crippen LogP contribution in [-0.4, -0.2) is 24.0 Å². The topological polar surface area (TPSA) is 29.3 Å². The van der Waals surface area contributed by atoms with E-state index in [4.69, 9.17) is 5.73 Å². The Kier molecular flexibility index (Phi) is 4.03. The summed E-state index contributed by atoms with van der Waals surface area (Å²) in [5, 5.41) is 0. The molecule has 1 aromatic carbocycles. The van der Waals surface area contributed by atoms with Crippen LogP contribution in [0.2, 0.25) is 0 Å². The molecule has 1 aromatic rings. The van der Waals surface area contributed by atoms with Crippen LogP contribution in [0.1, 0.15) is 43.7 Å². The minimum Gasteiger partial charge on any atom is -0.329 e. The Hall–Kier alpha value is -1.00. The Morgan fingerprint density at radius 3 is 2.55 bits per heavy atom. The standard InChI is InChI=1S/C16H22F2N2/c17-12-5-3-6-13(18)16(12)15(10-19)20-9-8-11-4-1-2-7-14(11)20/h3,5-6,11,14-15H,1-2,4,7-10,19H2. The Morgan fingerprint density at radius 2 is 1.85 bits per heavy atom. The first-order chi connectivity index (χ1) is 9.72. The van der Waals surface area contributed by atoms with E-state index >= 15 is 0 Å². The van der Waals surface area contributed by atoms with Gasteiger partial charge >= 0.3 is 0 Å². The van der Waals surface area contributed by atoms with Crippen molar-refractivity contribution in [2.75, 3.05) is 13.1 Å². The van der Waals surface area contributed by atoms with E-state index in [0.29, 0.717) is 12.0 Å². The van der Waals surface area contributed by atoms with Crippen molar-refractivity contribution in [2.45, 2.75) is 44.2 Å². The number of nitrogens with zero attached hydrogens (tertiary/aromatic N) is 1. The van der Waals surface area contributed by atoms with Crippen molar-refractivity contribution in [1.82, 2.24) is 4.90 Å². The monoisotopic (exact) mass is 280 g/mol. The minimum atomic E-state index is -0.472. The third kappa shape index (κ3) is 2.35. The zero-order valence-electron chi connectivity index (χ0n) is 11.7. The largest absolute Gasteiger partial charge is 0.329 e. The third-order valence-electron chi connectivity index (χ3n) is 5.01. The van der Waals surface area contributed by atoms with Crippen molar-refractivity contribution in [1.29, 1.82) is 0 Å². The summed E-state index contributed by atoms with van der Waals surface area (Å²) in [6, 6.07) is 4.20. The second kappa shape index (κ2) is 5.78. The van der Waals surface area contributed by atoms with E-state index in [-0.39, 0.29) is 18.2 Å². The summed E-state index contributed by atoms with van der Waals surface area (Å²) in [6.07, 6.45) is 6.03. The highest BCUT2D eigenvalue weighted by Gasteiger charge is 2.40. The van der Waals surface area contributed by atoms with Gasteiger partial charge in [-0.3, -0.25) is 4.90 Å². The van der Waals surface area contributed by atoms with Crippen LogP contribution in [0.5, 0.6) is 0 Å². The van der Waals surface area contributed by atoms with Crippen LogP contribution in [0.4, 0.5) is 8.78 Å². The summed E-state index contributed by atoms with van der Waals surface area (Å²) in [6.45, 7) is 1.17. The van der Waals surface area contributed by atoms with Gasteiger partial charge in [-0.05, 0) is 43.9 Å². The first-order valence-electron chi connectivity index (χ1n) is 7.62. The predicted molar refractivity (Wildman–Crippen MR) is 75.2 cm³/mol. The molecule has 1 saturated carbocycles. The Labute approximate surface area is 118 Å². The van der Waals surface area contributed by atoms with Gasteiger partial charge in [0.25, 0.3) is 0 Å². The number of benzene rings is 1. The molecule has 2 nitrogen and oxygen atoms in total. The van der Waals surface area contributed by atoms with Crippen LogP contribution in [0.15, 0.2) is 18.2 Å². The second-order valence-corrected chi connectivity index (χ2v) is 6.03. The smallest absolute Gasteiger partial charge is 0.130 e. The average molecular weight is 280 g/mol. The molecule has 1 aliphatic carbocycles. The van der Waals surface area contributed by atoms with Crippen molar-refractivity contribution in [3.63, 3.8) is 0 Å². The molecule has 4 heteroatoms. The fourth-order valence-electron chi connectivity index (χ4n) is 4.08. The molecule has 0 amide bonds. The van der Waals surface area contributed by atoms with Crippen molar-refractivity contribution in [3.05, 3.63) is 35.4 Å². The van der Waals surface area contributed by atoms with Crippen molar-refractivity contribution < 1.29 is 8.78 Å². The van der Waals surface area contributed by atoms with Gasteiger partial charge in [0.1, 0.15) is 11.6 Å². The zero-order valence-corrected chi connectivity index (χ0v) is 11.7. The number of likely N-dealkylation sites (tertiary alicyclic amines) is 1. The molecule has 1 aliphatic heterocycles. The van der Waals surface area contributed by atoms with Gasteiger partial charge in [0.15, 0.2) is 0 Å². The molecule has 110 valence electrons. The van der Waals surface area contributed by atoms with Gasteiger partial charge in [0.2, 0.25) is 0 Å². The quantitative estimate of drug-likeness (QED) is 0.921. The summed E-state index contributed by atoms with van der Waals surface area (Å²) in [5.41, 5.74) is 6.02. The van der Waals surface area contributed by atoms with Gasteiger partial charge in [-0.2, -0.15) is 0 Å². The molecule has 3 rings (SSSR count). The molecule has 2 N–H and O–H groups in total. The van der Waals surface area contributed by atoms with Crippen LogP contribution >= 0.6 is 0 Å². The van der Waals surface area contributed by atoms with Crippen molar-refractivity contribution in [2.24, 2.45) is 11.7 Å². The molecular formula is C16H22F2N2. The highest BCUT2D eigenvalue weighted by molar-refractivity contribution is 5.24. The lowest BCUT2D eigenvalue weighted by Crippen LogP contribution is -2.41. The molecule has 20 heavy (non-hydrogen) atoms. The SMILES string of the molecule is NCC(c1c(F)cccc1F)N1CCC2CCCCC21. The Balaban J connectivity index is 1.90. The van der Waals surface area contributed by atoms with E-state index in [1.54, 1.807) is 0 Å². The highest BCUT2D eigenvalue weighted by Crippen LogP contribution is 2.41. The number of fused-ring (bicyclic) bond motifs is 1. The summed E-state index contributed by atoms with van der Waals surface area (Å²) < 4.78 is 28.1. The molecular weight excluding hydrogens is 258 g/mol. The van der Waals surface area contributed by atoms with Crippen LogP contribution < -0.4 is 5.73 Å². The Morgan fingerprint density at radius 1 is 1.15 bits per heavy atom. The van der Waals surface area contributed by atoms with E-state index in [2.05, 4.69) is 4.90 Å². The lowest BCUT2D eigenvalue weighted by Gasteiger charge is -2.37. The number of rotatable bonds is 3. The van der Waals surface area contributed by atoms with Crippen LogP contribution in [0, 0.1) is 17.6 Å². The molecule has 3 unspecified atom stereocenters. The highest BCUT2D eigenvalue weighted by atomic mass is 19.1. The molecule has 0 spiro atoms. The van der Waals surface area contributed by atoms with Gasteiger partial charge in [-0.25, -0.2) is 8.78 Å². The van der Waals surface area contributed by atoms with E-state index in [9.17, 15) is 8.78 Å². The number of halogens is 2. The maximum Gasteiger partial charge on any atom is 0.130 e. The fourth-order valence-corrected chi connectivity index (χ4v) is 4.08. The first-order valence-corrected chi connectivity index (χ1v) is 7.62. The van der Waals surface area contributed by atoms with E-state index < -0.39 is 11.6 Å². The van der Waals surface area contributed by atoms with Gasteiger partial charge in [-0.15, -0.1) is 0 Å². The summed E-state index contributed by atoms with van der Waals surface area (Å²) in [5.74, 6) is -0.257. The second-order valence-electron chi connectivity index (χ2n) is 6.03. The molecule has 0 aromatic heterocycles. The summed E-state index contributed by atoms with van der Waals surface area (Å²) >= 11 is 0. The van der Waals surface area contributed by atoms with Crippen LogP contribution in [0.3, 0.4) is 0 Å². The molecule has 0 bridgehead atoms. The molecule has 1 saturated heterocycles. The van der Waals surface area contributed by atoms with Gasteiger partial charge < -0.3 is 5.73 Å². The first kappa shape index (κ1) is 14.0. The zero-order chi connectivity index (χ0) is 14.1.